The molecule has 33 heavy (non-hydrogen) atoms. The largest absolute Gasteiger partial charge is 0.423 e. The Balaban J connectivity index is 1.39. The van der Waals surface area contributed by atoms with Gasteiger partial charge in [-0.05, 0) is 80.2 Å². The highest BCUT2D eigenvalue weighted by molar-refractivity contribution is 5.75. The second-order valence-electron chi connectivity index (χ2n) is 10.4. The molecule has 0 bridgehead atoms. The maximum atomic E-state index is 14.2. The summed E-state index contributed by atoms with van der Waals surface area (Å²) in [6.45, 7) is 2.27. The molecule has 184 valence electrons. The Kier molecular flexibility index (Phi) is 7.35. The van der Waals surface area contributed by atoms with Crippen molar-refractivity contribution in [3.63, 3.8) is 0 Å². The van der Waals surface area contributed by atoms with E-state index in [4.69, 9.17) is 4.74 Å². The molecule has 7 heteroatoms. The quantitative estimate of drug-likeness (QED) is 0.253. The summed E-state index contributed by atoms with van der Waals surface area (Å²) in [5.74, 6) is -2.73. The molecular formula is C26H33F5O2. The molecule has 0 radical (unpaired) electrons. The van der Waals surface area contributed by atoms with Crippen LogP contribution in [0, 0.1) is 47.1 Å². The lowest BCUT2D eigenvalue weighted by atomic mass is 9.59. The van der Waals surface area contributed by atoms with Gasteiger partial charge in [0.05, 0.1) is 11.5 Å². The van der Waals surface area contributed by atoms with Crippen LogP contribution >= 0.6 is 0 Å². The summed E-state index contributed by atoms with van der Waals surface area (Å²) >= 11 is 0. The number of carbonyl (C=O) groups excluding carboxylic acids is 1. The number of fused-ring (bicyclic) bond motifs is 1. The summed E-state index contributed by atoms with van der Waals surface area (Å²) in [6, 6.07) is 1.12. The van der Waals surface area contributed by atoms with Crippen LogP contribution in [0.5, 0.6) is 5.75 Å². The van der Waals surface area contributed by atoms with E-state index in [1.54, 1.807) is 0 Å². The number of hydrogen-bond donors (Lipinski definition) is 0. The number of hydrogen-bond acceptors (Lipinski definition) is 2. The highest BCUT2D eigenvalue weighted by atomic mass is 19.4. The predicted molar refractivity (Wildman–Crippen MR) is 114 cm³/mol. The number of rotatable bonds is 4. The zero-order chi connectivity index (χ0) is 23.8. The molecule has 1 aromatic carbocycles. The minimum Gasteiger partial charge on any atom is -0.423 e. The Morgan fingerprint density at radius 1 is 0.909 bits per heavy atom. The number of benzene rings is 1. The van der Waals surface area contributed by atoms with Crippen molar-refractivity contribution < 1.29 is 31.5 Å². The van der Waals surface area contributed by atoms with Gasteiger partial charge in [-0.15, -0.1) is 0 Å². The van der Waals surface area contributed by atoms with Crippen LogP contribution in [-0.2, 0) is 11.0 Å². The third-order valence-corrected chi connectivity index (χ3v) is 8.69. The second-order valence-corrected chi connectivity index (χ2v) is 10.4. The van der Waals surface area contributed by atoms with Gasteiger partial charge in [0.2, 0.25) is 5.82 Å². The lowest BCUT2D eigenvalue weighted by Gasteiger charge is -2.46. The fraction of sp³-hybridized carbons (Fsp3) is 0.731. The third kappa shape index (κ3) is 5.22. The normalized spacial score (nSPS) is 32.8. The van der Waals surface area contributed by atoms with Crippen molar-refractivity contribution in [2.45, 2.75) is 83.7 Å². The zero-order valence-electron chi connectivity index (χ0n) is 19.1. The van der Waals surface area contributed by atoms with Crippen molar-refractivity contribution in [3.8, 4) is 5.75 Å². The first-order valence-corrected chi connectivity index (χ1v) is 12.5. The van der Waals surface area contributed by atoms with Crippen LogP contribution in [0.15, 0.2) is 12.1 Å². The predicted octanol–water partition coefficient (Wildman–Crippen LogP) is 7.94. The molecule has 3 aliphatic rings. The van der Waals surface area contributed by atoms with Crippen molar-refractivity contribution in [1.82, 2.24) is 0 Å². The minimum atomic E-state index is -5.02. The first kappa shape index (κ1) is 24.5. The summed E-state index contributed by atoms with van der Waals surface area (Å²) in [7, 11) is 0. The lowest BCUT2D eigenvalue weighted by molar-refractivity contribution is -0.144. The van der Waals surface area contributed by atoms with E-state index in [-0.39, 0.29) is 5.92 Å². The van der Waals surface area contributed by atoms with E-state index in [0.717, 1.165) is 43.9 Å². The van der Waals surface area contributed by atoms with E-state index < -0.39 is 41.0 Å². The Morgan fingerprint density at radius 2 is 1.61 bits per heavy atom. The molecule has 3 fully saturated rings. The highest BCUT2D eigenvalue weighted by Crippen LogP contribution is 2.50. The lowest BCUT2D eigenvalue weighted by Crippen LogP contribution is -2.40. The molecule has 0 saturated heterocycles. The maximum Gasteiger partial charge on any atom is 0.419 e. The minimum absolute atomic E-state index is 0.150. The number of carbonyl (C=O) groups is 1. The monoisotopic (exact) mass is 472 g/mol. The molecule has 4 unspecified atom stereocenters. The van der Waals surface area contributed by atoms with Gasteiger partial charge in [-0.25, -0.2) is 4.39 Å². The van der Waals surface area contributed by atoms with Gasteiger partial charge >= 0.3 is 12.1 Å². The molecule has 0 aliphatic heterocycles. The molecule has 0 heterocycles. The molecule has 0 amide bonds. The molecule has 0 aromatic heterocycles. The number of ether oxygens (including phenoxy) is 1. The van der Waals surface area contributed by atoms with E-state index in [2.05, 4.69) is 6.92 Å². The van der Waals surface area contributed by atoms with E-state index >= 15 is 0 Å². The third-order valence-electron chi connectivity index (χ3n) is 8.69. The van der Waals surface area contributed by atoms with Crippen LogP contribution in [0.2, 0.25) is 0 Å². The Bertz CT molecular complexity index is 844. The molecule has 3 saturated carbocycles. The fourth-order valence-electron chi connectivity index (χ4n) is 6.80. The Morgan fingerprint density at radius 3 is 2.27 bits per heavy atom. The van der Waals surface area contributed by atoms with E-state index in [0.29, 0.717) is 30.4 Å². The summed E-state index contributed by atoms with van der Waals surface area (Å²) in [5.41, 5.74) is -1.70. The Labute approximate surface area is 192 Å². The first-order chi connectivity index (χ1) is 15.7. The number of halogens is 5. The molecule has 4 rings (SSSR count). The van der Waals surface area contributed by atoms with Gasteiger partial charge in [0.15, 0.2) is 11.6 Å². The highest BCUT2D eigenvalue weighted by Gasteiger charge is 2.44. The van der Waals surface area contributed by atoms with Crippen LogP contribution in [0.25, 0.3) is 0 Å². The van der Waals surface area contributed by atoms with E-state index in [9.17, 15) is 26.7 Å². The molecule has 0 N–H and O–H groups in total. The van der Waals surface area contributed by atoms with E-state index in [1.165, 1.54) is 32.1 Å². The second kappa shape index (κ2) is 9.91. The van der Waals surface area contributed by atoms with Gasteiger partial charge in [0, 0.05) is 0 Å². The molecule has 1 aromatic rings. The van der Waals surface area contributed by atoms with Crippen LogP contribution in [0.1, 0.15) is 83.1 Å². The SMILES string of the molecule is CCC1CCC(C2CCC3C(CCCC3C(=O)Oc3ccc(C(F)(F)F)c(F)c3F)C2)CC1. The van der Waals surface area contributed by atoms with Gasteiger partial charge in [0.25, 0.3) is 0 Å². The molecule has 4 atom stereocenters. The smallest absolute Gasteiger partial charge is 0.419 e. The fourth-order valence-corrected chi connectivity index (χ4v) is 6.80. The summed E-state index contributed by atoms with van der Waals surface area (Å²) in [5, 5.41) is 0. The number of alkyl halides is 3. The van der Waals surface area contributed by atoms with Crippen LogP contribution < -0.4 is 4.74 Å². The summed E-state index contributed by atoms with van der Waals surface area (Å²) in [4.78, 5) is 12.9. The topological polar surface area (TPSA) is 26.3 Å². The van der Waals surface area contributed by atoms with Gasteiger partial charge in [0.1, 0.15) is 0 Å². The molecule has 0 spiro atoms. The first-order valence-electron chi connectivity index (χ1n) is 12.5. The van der Waals surface area contributed by atoms with Crippen LogP contribution in [0.4, 0.5) is 22.0 Å². The molecular weight excluding hydrogens is 439 g/mol. The average Bonchev–Trinajstić information content (AvgIpc) is 2.80. The number of esters is 1. The molecule has 3 aliphatic carbocycles. The van der Waals surface area contributed by atoms with Crippen molar-refractivity contribution in [2.75, 3.05) is 0 Å². The van der Waals surface area contributed by atoms with Gasteiger partial charge in [-0.2, -0.15) is 17.6 Å². The van der Waals surface area contributed by atoms with Gasteiger partial charge < -0.3 is 4.74 Å². The van der Waals surface area contributed by atoms with E-state index in [1.807, 2.05) is 0 Å². The zero-order valence-corrected chi connectivity index (χ0v) is 19.1. The average molecular weight is 473 g/mol. The van der Waals surface area contributed by atoms with Crippen molar-refractivity contribution in [2.24, 2.45) is 35.5 Å². The van der Waals surface area contributed by atoms with Crippen molar-refractivity contribution in [1.29, 1.82) is 0 Å². The summed E-state index contributed by atoms with van der Waals surface area (Å²) < 4.78 is 71.6. The maximum absolute atomic E-state index is 14.2. The standard InChI is InChI=1S/C26H33F5O2/c1-2-15-6-8-16(9-7-15)17-10-11-19-18(14-17)4-3-5-20(19)25(32)33-22-13-12-21(26(29,30)31)23(27)24(22)28/h12-13,15-20H,2-11,14H2,1H3. The van der Waals surface area contributed by atoms with Gasteiger partial charge in [-0.3, -0.25) is 4.79 Å². The van der Waals surface area contributed by atoms with Gasteiger partial charge in [-0.1, -0.05) is 39.0 Å². The molecule has 2 nitrogen and oxygen atoms in total. The van der Waals surface area contributed by atoms with Crippen molar-refractivity contribution >= 4 is 5.97 Å². The Hall–Kier alpha value is -1.66. The van der Waals surface area contributed by atoms with Crippen LogP contribution in [-0.4, -0.2) is 5.97 Å². The van der Waals surface area contributed by atoms with Crippen molar-refractivity contribution in [3.05, 3.63) is 29.3 Å². The summed E-state index contributed by atoms with van der Waals surface area (Å²) in [6.07, 6.45) is 7.15. The van der Waals surface area contributed by atoms with Crippen LogP contribution in [0.3, 0.4) is 0 Å².